The van der Waals surface area contributed by atoms with E-state index in [1.54, 1.807) is 4.90 Å². The first-order chi connectivity index (χ1) is 9.47. The van der Waals surface area contributed by atoms with Gasteiger partial charge in [-0.2, -0.15) is 0 Å². The van der Waals surface area contributed by atoms with Crippen molar-refractivity contribution < 1.29 is 14.4 Å². The third-order valence-corrected chi connectivity index (χ3v) is 4.11. The molecular formula is C13H22N4O3. The van der Waals surface area contributed by atoms with E-state index in [-0.39, 0.29) is 18.4 Å². The maximum atomic E-state index is 12.2. The minimum Gasteiger partial charge on any atom is -0.340 e. The van der Waals surface area contributed by atoms with Gasteiger partial charge in [-0.1, -0.05) is 6.92 Å². The number of rotatable bonds is 4. The predicted molar refractivity (Wildman–Crippen MR) is 72.7 cm³/mol. The number of carbonyl (C=O) groups excluding carboxylic acids is 3. The van der Waals surface area contributed by atoms with E-state index >= 15 is 0 Å². The second kappa shape index (κ2) is 5.78. The van der Waals surface area contributed by atoms with Gasteiger partial charge < -0.3 is 16.0 Å². The SMILES string of the molecule is CC(CN)CCC(=O)N1CCCC2(C1)NC(=O)NC2=O. The average molecular weight is 282 g/mol. The van der Waals surface area contributed by atoms with Gasteiger partial charge in [0.05, 0.1) is 6.54 Å². The van der Waals surface area contributed by atoms with Gasteiger partial charge in [-0.3, -0.25) is 14.9 Å². The van der Waals surface area contributed by atoms with Crippen LogP contribution in [0, 0.1) is 5.92 Å². The number of nitrogens with one attached hydrogen (secondary N) is 2. The van der Waals surface area contributed by atoms with Crippen molar-refractivity contribution in [3.05, 3.63) is 0 Å². The monoisotopic (exact) mass is 282 g/mol. The molecule has 2 atom stereocenters. The van der Waals surface area contributed by atoms with E-state index in [9.17, 15) is 14.4 Å². The lowest BCUT2D eigenvalue weighted by Gasteiger charge is -2.38. The van der Waals surface area contributed by atoms with Gasteiger partial charge in [0.25, 0.3) is 5.91 Å². The Bertz CT molecular complexity index is 426. The molecule has 4 amide bonds. The first-order valence-corrected chi connectivity index (χ1v) is 7.08. The van der Waals surface area contributed by atoms with Crippen LogP contribution >= 0.6 is 0 Å². The lowest BCUT2D eigenvalue weighted by molar-refractivity contribution is -0.136. The fourth-order valence-electron chi connectivity index (χ4n) is 2.73. The van der Waals surface area contributed by atoms with Gasteiger partial charge in [0.1, 0.15) is 5.54 Å². The molecule has 2 aliphatic rings. The van der Waals surface area contributed by atoms with Crippen LogP contribution in [-0.2, 0) is 9.59 Å². The molecule has 2 rings (SSSR count). The summed E-state index contributed by atoms with van der Waals surface area (Å²) in [7, 11) is 0. The molecule has 0 aromatic carbocycles. The summed E-state index contributed by atoms with van der Waals surface area (Å²) in [4.78, 5) is 37.1. The number of carbonyl (C=O) groups is 3. The molecule has 112 valence electrons. The Morgan fingerprint density at radius 1 is 1.50 bits per heavy atom. The minimum absolute atomic E-state index is 0.0262. The van der Waals surface area contributed by atoms with Crippen molar-refractivity contribution >= 4 is 17.8 Å². The van der Waals surface area contributed by atoms with Crippen molar-refractivity contribution in [2.24, 2.45) is 11.7 Å². The van der Waals surface area contributed by atoms with Crippen LogP contribution in [0.15, 0.2) is 0 Å². The highest BCUT2D eigenvalue weighted by atomic mass is 16.2. The lowest BCUT2D eigenvalue weighted by atomic mass is 9.89. The molecule has 4 N–H and O–H groups in total. The summed E-state index contributed by atoms with van der Waals surface area (Å²) in [5.74, 6) is 0.0147. The second-order valence-corrected chi connectivity index (χ2v) is 5.79. The molecule has 0 aromatic rings. The fraction of sp³-hybridized carbons (Fsp3) is 0.769. The number of imide groups is 1. The molecule has 7 nitrogen and oxygen atoms in total. The Labute approximate surface area is 118 Å². The highest BCUT2D eigenvalue weighted by Gasteiger charge is 2.49. The number of nitrogens with zero attached hydrogens (tertiary/aromatic N) is 1. The summed E-state index contributed by atoms with van der Waals surface area (Å²) in [6, 6.07) is -0.471. The van der Waals surface area contributed by atoms with Gasteiger partial charge in [0.2, 0.25) is 5.91 Å². The van der Waals surface area contributed by atoms with Crippen LogP contribution in [-0.4, -0.2) is 47.9 Å². The van der Waals surface area contributed by atoms with Gasteiger partial charge >= 0.3 is 6.03 Å². The van der Waals surface area contributed by atoms with Crippen LogP contribution in [0.1, 0.15) is 32.6 Å². The van der Waals surface area contributed by atoms with Crippen LogP contribution in [0.2, 0.25) is 0 Å². The zero-order valence-corrected chi connectivity index (χ0v) is 11.8. The molecule has 20 heavy (non-hydrogen) atoms. The third-order valence-electron chi connectivity index (χ3n) is 4.11. The predicted octanol–water partition coefficient (Wildman–Crippen LogP) is -0.438. The Morgan fingerprint density at radius 2 is 2.25 bits per heavy atom. The van der Waals surface area contributed by atoms with E-state index in [1.807, 2.05) is 6.92 Å². The average Bonchev–Trinajstić information content (AvgIpc) is 2.69. The molecule has 7 heteroatoms. The van der Waals surface area contributed by atoms with Crippen LogP contribution in [0.3, 0.4) is 0 Å². The number of hydrogen-bond acceptors (Lipinski definition) is 4. The largest absolute Gasteiger partial charge is 0.340 e. The van der Waals surface area contributed by atoms with E-state index in [2.05, 4.69) is 10.6 Å². The van der Waals surface area contributed by atoms with Crippen LogP contribution < -0.4 is 16.4 Å². The van der Waals surface area contributed by atoms with E-state index < -0.39 is 11.6 Å². The fourth-order valence-corrected chi connectivity index (χ4v) is 2.73. The zero-order chi connectivity index (χ0) is 14.8. The normalized spacial score (nSPS) is 27.4. The van der Waals surface area contributed by atoms with Crippen LogP contribution in [0.25, 0.3) is 0 Å². The number of urea groups is 1. The first kappa shape index (κ1) is 14.8. The van der Waals surface area contributed by atoms with Crippen molar-refractivity contribution in [3.63, 3.8) is 0 Å². The standard InChI is InChI=1S/C13H22N4O3/c1-9(7-14)3-4-10(18)17-6-2-5-13(8-17)11(19)15-12(20)16-13/h9H,2-8,14H2,1H3,(H2,15,16,19,20). The number of likely N-dealkylation sites (tertiary alicyclic amines) is 1. The smallest absolute Gasteiger partial charge is 0.322 e. The molecule has 0 saturated carbocycles. The molecule has 2 fully saturated rings. The van der Waals surface area contributed by atoms with Crippen molar-refractivity contribution in [3.8, 4) is 0 Å². The quantitative estimate of drug-likeness (QED) is 0.608. The maximum Gasteiger partial charge on any atom is 0.322 e. The van der Waals surface area contributed by atoms with Crippen molar-refractivity contribution in [2.45, 2.75) is 38.1 Å². The molecule has 0 aromatic heterocycles. The van der Waals surface area contributed by atoms with Crippen LogP contribution in [0.4, 0.5) is 4.79 Å². The van der Waals surface area contributed by atoms with Gasteiger partial charge in [0.15, 0.2) is 0 Å². The van der Waals surface area contributed by atoms with E-state index in [0.29, 0.717) is 38.3 Å². The summed E-state index contributed by atoms with van der Waals surface area (Å²) >= 11 is 0. The first-order valence-electron chi connectivity index (χ1n) is 7.08. The minimum atomic E-state index is -0.926. The molecule has 0 aliphatic carbocycles. The highest BCUT2D eigenvalue weighted by Crippen LogP contribution is 2.25. The van der Waals surface area contributed by atoms with E-state index in [4.69, 9.17) is 5.73 Å². The summed E-state index contributed by atoms with van der Waals surface area (Å²) in [6.45, 7) is 3.48. The van der Waals surface area contributed by atoms with Crippen LogP contribution in [0.5, 0.6) is 0 Å². The van der Waals surface area contributed by atoms with Crippen molar-refractivity contribution in [1.29, 1.82) is 0 Å². The Balaban J connectivity index is 1.95. The lowest BCUT2D eigenvalue weighted by Crippen LogP contribution is -2.59. The molecule has 2 unspecified atom stereocenters. The number of nitrogens with two attached hydrogens (primary N) is 1. The van der Waals surface area contributed by atoms with Gasteiger partial charge in [-0.15, -0.1) is 0 Å². The molecule has 2 saturated heterocycles. The summed E-state index contributed by atoms with van der Waals surface area (Å²) in [5, 5.41) is 4.92. The van der Waals surface area contributed by atoms with Crippen molar-refractivity contribution in [1.82, 2.24) is 15.5 Å². The molecule has 2 aliphatic heterocycles. The van der Waals surface area contributed by atoms with Gasteiger partial charge in [-0.05, 0) is 31.7 Å². The maximum absolute atomic E-state index is 12.2. The Kier molecular flexibility index (Phi) is 4.27. The summed E-state index contributed by atoms with van der Waals surface area (Å²) in [6.07, 6.45) is 2.47. The Hall–Kier alpha value is -1.63. The number of amides is 4. The molecule has 0 radical (unpaired) electrons. The van der Waals surface area contributed by atoms with Gasteiger partial charge in [0, 0.05) is 13.0 Å². The van der Waals surface area contributed by atoms with Gasteiger partial charge in [-0.25, -0.2) is 4.79 Å². The third kappa shape index (κ3) is 2.92. The zero-order valence-electron chi connectivity index (χ0n) is 11.8. The molecule has 1 spiro atoms. The van der Waals surface area contributed by atoms with E-state index in [1.165, 1.54) is 0 Å². The van der Waals surface area contributed by atoms with E-state index in [0.717, 1.165) is 6.42 Å². The Morgan fingerprint density at radius 3 is 2.85 bits per heavy atom. The number of piperidine rings is 1. The molecule has 2 heterocycles. The number of hydrogen-bond donors (Lipinski definition) is 3. The summed E-state index contributed by atoms with van der Waals surface area (Å²) in [5.41, 5.74) is 4.61. The highest BCUT2D eigenvalue weighted by molar-refractivity contribution is 6.07. The molecule has 0 bridgehead atoms. The molecular weight excluding hydrogens is 260 g/mol. The van der Waals surface area contributed by atoms with Crippen molar-refractivity contribution in [2.75, 3.05) is 19.6 Å². The summed E-state index contributed by atoms with van der Waals surface area (Å²) < 4.78 is 0. The topological polar surface area (TPSA) is 105 Å². The second-order valence-electron chi connectivity index (χ2n) is 5.79.